The Morgan fingerprint density at radius 1 is 1.33 bits per heavy atom. The quantitative estimate of drug-likeness (QED) is 0.806. The van der Waals surface area contributed by atoms with Gasteiger partial charge in [0.05, 0.1) is 5.69 Å². The van der Waals surface area contributed by atoms with Gasteiger partial charge in [0.2, 0.25) is 5.91 Å². The highest BCUT2D eigenvalue weighted by Crippen LogP contribution is 2.24. The molecule has 5 heteroatoms. The van der Waals surface area contributed by atoms with E-state index in [2.05, 4.69) is 9.88 Å². The zero-order valence-electron chi connectivity index (χ0n) is 11.0. The third kappa shape index (κ3) is 2.55. The molecule has 2 N–H and O–H groups in total. The highest BCUT2D eigenvalue weighted by molar-refractivity contribution is 5.73. The number of pyridine rings is 1. The number of hydrogen-bond donors (Lipinski definition) is 1. The normalized spacial score (nSPS) is 16.6. The van der Waals surface area contributed by atoms with Crippen molar-refractivity contribution in [3.05, 3.63) is 17.8 Å². The van der Waals surface area contributed by atoms with Crippen LogP contribution in [0.25, 0.3) is 0 Å². The maximum absolute atomic E-state index is 11.4. The van der Waals surface area contributed by atoms with Crippen LogP contribution < -0.4 is 10.6 Å². The van der Waals surface area contributed by atoms with Crippen molar-refractivity contribution >= 4 is 17.4 Å². The summed E-state index contributed by atoms with van der Waals surface area (Å²) in [4.78, 5) is 19.8. The predicted octanol–water partition coefficient (Wildman–Crippen LogP) is 1.03. The minimum Gasteiger partial charge on any atom is -0.396 e. The lowest BCUT2D eigenvalue weighted by molar-refractivity contribution is -0.128. The van der Waals surface area contributed by atoms with Gasteiger partial charge >= 0.3 is 0 Å². The van der Waals surface area contributed by atoms with E-state index in [1.54, 1.807) is 13.1 Å². The summed E-state index contributed by atoms with van der Waals surface area (Å²) in [5.74, 6) is 0.988. The fourth-order valence-corrected chi connectivity index (χ4v) is 2.25. The first-order chi connectivity index (χ1) is 8.59. The molecule has 1 saturated heterocycles. The molecule has 0 spiro atoms. The third-order valence-corrected chi connectivity index (χ3v) is 3.43. The molecule has 0 aliphatic carbocycles. The molecule has 5 nitrogen and oxygen atoms in total. The van der Waals surface area contributed by atoms with Gasteiger partial charge in [-0.2, -0.15) is 0 Å². The molecular formula is C13H20N4O. The average Bonchev–Trinajstić information content (AvgIpc) is 2.58. The average molecular weight is 248 g/mol. The van der Waals surface area contributed by atoms with Crippen LogP contribution in [-0.2, 0) is 4.79 Å². The number of nitrogens with zero attached hydrogens (tertiary/aromatic N) is 3. The number of amides is 1. The van der Waals surface area contributed by atoms with Crippen molar-refractivity contribution < 1.29 is 4.79 Å². The monoisotopic (exact) mass is 248 g/mol. The van der Waals surface area contributed by atoms with Crippen LogP contribution >= 0.6 is 0 Å². The van der Waals surface area contributed by atoms with E-state index in [1.165, 1.54) is 0 Å². The Morgan fingerprint density at radius 2 is 2.11 bits per heavy atom. The Bertz CT molecular complexity index is 447. The summed E-state index contributed by atoms with van der Waals surface area (Å²) in [5.41, 5.74) is 7.87. The van der Waals surface area contributed by atoms with Crippen LogP contribution in [0.5, 0.6) is 0 Å². The highest BCUT2D eigenvalue weighted by Gasteiger charge is 2.19. The molecule has 2 heterocycles. The zero-order chi connectivity index (χ0) is 13.1. The Kier molecular flexibility index (Phi) is 3.69. The van der Waals surface area contributed by atoms with Crippen molar-refractivity contribution in [1.29, 1.82) is 0 Å². The molecule has 1 fully saturated rings. The highest BCUT2D eigenvalue weighted by atomic mass is 16.2. The molecule has 1 aromatic rings. The summed E-state index contributed by atoms with van der Waals surface area (Å²) in [6.45, 7) is 6.85. The zero-order valence-corrected chi connectivity index (χ0v) is 11.0. The van der Waals surface area contributed by atoms with Crippen LogP contribution in [0.15, 0.2) is 12.3 Å². The number of carbonyl (C=O) groups is 1. The topological polar surface area (TPSA) is 62.5 Å². The maximum atomic E-state index is 11.4. The summed E-state index contributed by atoms with van der Waals surface area (Å²) < 4.78 is 0. The van der Waals surface area contributed by atoms with E-state index < -0.39 is 0 Å². The lowest BCUT2D eigenvalue weighted by atomic mass is 10.2. The van der Waals surface area contributed by atoms with Gasteiger partial charge in [-0.1, -0.05) is 0 Å². The van der Waals surface area contributed by atoms with Crippen molar-refractivity contribution in [2.75, 3.05) is 36.8 Å². The van der Waals surface area contributed by atoms with Crippen LogP contribution in [0.4, 0.5) is 11.5 Å². The molecule has 98 valence electrons. The second-order valence-electron chi connectivity index (χ2n) is 4.71. The molecule has 0 unspecified atom stereocenters. The number of aromatic nitrogens is 1. The van der Waals surface area contributed by atoms with E-state index >= 15 is 0 Å². The van der Waals surface area contributed by atoms with Crippen molar-refractivity contribution in [1.82, 2.24) is 9.88 Å². The number of aryl methyl sites for hydroxylation is 1. The van der Waals surface area contributed by atoms with Crippen LogP contribution in [0.3, 0.4) is 0 Å². The number of anilines is 2. The smallest absolute Gasteiger partial charge is 0.219 e. The molecule has 0 atom stereocenters. The van der Waals surface area contributed by atoms with Crippen LogP contribution in [0.2, 0.25) is 0 Å². The van der Waals surface area contributed by atoms with Crippen LogP contribution in [0, 0.1) is 6.92 Å². The molecule has 1 amide bonds. The number of nitrogen functional groups attached to an aromatic ring is 1. The van der Waals surface area contributed by atoms with E-state index in [1.807, 2.05) is 17.9 Å². The number of rotatable bonds is 1. The van der Waals surface area contributed by atoms with Crippen LogP contribution in [0.1, 0.15) is 18.9 Å². The molecule has 1 aliphatic rings. The van der Waals surface area contributed by atoms with Gasteiger partial charge < -0.3 is 15.5 Å². The van der Waals surface area contributed by atoms with Crippen LogP contribution in [-0.4, -0.2) is 42.0 Å². The lowest BCUT2D eigenvalue weighted by Gasteiger charge is -2.24. The summed E-state index contributed by atoms with van der Waals surface area (Å²) in [6, 6.07) is 1.92. The van der Waals surface area contributed by atoms with E-state index in [0.29, 0.717) is 0 Å². The van der Waals surface area contributed by atoms with E-state index in [4.69, 9.17) is 5.73 Å². The van der Waals surface area contributed by atoms with Gasteiger partial charge in [-0.3, -0.25) is 4.79 Å². The number of hydrogen-bond acceptors (Lipinski definition) is 4. The van der Waals surface area contributed by atoms with Gasteiger partial charge in [0, 0.05) is 39.3 Å². The Hall–Kier alpha value is -1.78. The molecule has 1 aromatic heterocycles. The third-order valence-electron chi connectivity index (χ3n) is 3.43. The predicted molar refractivity (Wildman–Crippen MR) is 72.5 cm³/mol. The molecule has 2 rings (SSSR count). The largest absolute Gasteiger partial charge is 0.396 e. The van der Waals surface area contributed by atoms with Crippen molar-refractivity contribution in [3.63, 3.8) is 0 Å². The Labute approximate surface area is 108 Å². The molecule has 0 aromatic carbocycles. The molecular weight excluding hydrogens is 228 g/mol. The van der Waals surface area contributed by atoms with Crippen molar-refractivity contribution in [2.24, 2.45) is 0 Å². The Morgan fingerprint density at radius 3 is 2.83 bits per heavy atom. The minimum atomic E-state index is 0.141. The van der Waals surface area contributed by atoms with Gasteiger partial charge in [-0.25, -0.2) is 4.98 Å². The SMILES string of the molecule is CC(=O)N1CCCN(c2nccc(C)c2N)CC1. The van der Waals surface area contributed by atoms with E-state index in [9.17, 15) is 4.79 Å². The standard InChI is InChI=1S/C13H20N4O/c1-10-4-5-15-13(12(10)14)17-7-3-6-16(8-9-17)11(2)18/h4-5H,3,6-9,14H2,1-2H3. The molecule has 18 heavy (non-hydrogen) atoms. The second kappa shape index (κ2) is 5.25. The summed E-state index contributed by atoms with van der Waals surface area (Å²) >= 11 is 0. The maximum Gasteiger partial charge on any atom is 0.219 e. The molecule has 0 saturated carbocycles. The van der Waals surface area contributed by atoms with Crippen molar-refractivity contribution in [2.45, 2.75) is 20.3 Å². The number of nitrogens with two attached hydrogens (primary N) is 1. The van der Waals surface area contributed by atoms with E-state index in [-0.39, 0.29) is 5.91 Å². The van der Waals surface area contributed by atoms with Gasteiger partial charge in [-0.05, 0) is 25.0 Å². The lowest BCUT2D eigenvalue weighted by Crippen LogP contribution is -2.34. The van der Waals surface area contributed by atoms with E-state index in [0.717, 1.165) is 49.7 Å². The van der Waals surface area contributed by atoms with Gasteiger partial charge in [-0.15, -0.1) is 0 Å². The molecule has 0 radical (unpaired) electrons. The molecule has 1 aliphatic heterocycles. The first-order valence-corrected chi connectivity index (χ1v) is 6.31. The first-order valence-electron chi connectivity index (χ1n) is 6.31. The molecule has 0 bridgehead atoms. The second-order valence-corrected chi connectivity index (χ2v) is 4.71. The van der Waals surface area contributed by atoms with Gasteiger partial charge in [0.1, 0.15) is 0 Å². The number of carbonyl (C=O) groups excluding carboxylic acids is 1. The Balaban J connectivity index is 2.15. The summed E-state index contributed by atoms with van der Waals surface area (Å²) in [7, 11) is 0. The summed E-state index contributed by atoms with van der Waals surface area (Å²) in [6.07, 6.45) is 2.74. The fraction of sp³-hybridized carbons (Fsp3) is 0.538. The van der Waals surface area contributed by atoms with Gasteiger partial charge in [0.15, 0.2) is 5.82 Å². The van der Waals surface area contributed by atoms with Crippen molar-refractivity contribution in [3.8, 4) is 0 Å². The van der Waals surface area contributed by atoms with Gasteiger partial charge in [0.25, 0.3) is 0 Å². The first kappa shape index (κ1) is 12.7. The summed E-state index contributed by atoms with van der Waals surface area (Å²) in [5, 5.41) is 0. The fourth-order valence-electron chi connectivity index (χ4n) is 2.25. The minimum absolute atomic E-state index is 0.141.